The molecule has 0 saturated heterocycles. The summed E-state index contributed by atoms with van der Waals surface area (Å²) in [5.74, 6) is -2.05. The van der Waals surface area contributed by atoms with Crippen LogP contribution >= 0.6 is 0 Å². The summed E-state index contributed by atoms with van der Waals surface area (Å²) in [6, 6.07) is 19.5. The molecule has 5 aromatic rings. The highest BCUT2D eigenvalue weighted by Gasteiger charge is 2.24. The van der Waals surface area contributed by atoms with Crippen molar-refractivity contribution < 1.29 is 22.8 Å². The minimum Gasteiger partial charge on any atom is -0.451 e. The summed E-state index contributed by atoms with van der Waals surface area (Å²) in [6.07, 6.45) is 0. The zero-order valence-electron chi connectivity index (χ0n) is 16.4. The lowest BCUT2D eigenvalue weighted by molar-refractivity contribution is 0.0997. The maximum atomic E-state index is 13.3. The lowest BCUT2D eigenvalue weighted by atomic mass is 10.1. The summed E-state index contributed by atoms with van der Waals surface area (Å²) in [4.78, 5) is 38.4. The molecule has 0 saturated carbocycles. The largest absolute Gasteiger partial charge is 0.451 e. The Balaban J connectivity index is 1.59. The highest BCUT2D eigenvalue weighted by molar-refractivity contribution is 6.18. The van der Waals surface area contributed by atoms with Gasteiger partial charge < -0.3 is 14.2 Å². The first kappa shape index (κ1) is 19.4. The van der Waals surface area contributed by atoms with Gasteiger partial charge in [-0.25, -0.2) is 4.39 Å². The van der Waals surface area contributed by atoms with Crippen LogP contribution in [0.15, 0.2) is 92.5 Å². The van der Waals surface area contributed by atoms with Gasteiger partial charge in [0.25, 0.3) is 5.91 Å². The molecular weight excluding hydrogens is 413 g/mol. The van der Waals surface area contributed by atoms with Crippen LogP contribution in [0.3, 0.4) is 0 Å². The average molecular weight is 427 g/mol. The number of hydrogen-bond donors (Lipinski definition) is 1. The number of rotatable bonds is 4. The number of halogens is 1. The standard InChI is InChI=1S/C25H14FNO5/c26-15-11-9-14(10-12-15)23(29)24-22(17-6-2-4-8-20(17)32-24)27-25(30)21-13-18(28)16-5-1-3-7-19(16)31-21/h1-13H,(H,27,30). The Kier molecular flexibility index (Phi) is 4.63. The summed E-state index contributed by atoms with van der Waals surface area (Å²) in [5, 5.41) is 3.49. The smallest absolute Gasteiger partial charge is 0.291 e. The molecule has 0 aliphatic rings. The number of carbonyl (C=O) groups is 2. The molecule has 0 radical (unpaired) electrons. The van der Waals surface area contributed by atoms with Crippen molar-refractivity contribution >= 4 is 39.3 Å². The molecule has 0 atom stereocenters. The van der Waals surface area contributed by atoms with E-state index in [4.69, 9.17) is 8.83 Å². The van der Waals surface area contributed by atoms with E-state index in [1.165, 1.54) is 12.1 Å². The van der Waals surface area contributed by atoms with E-state index in [2.05, 4.69) is 5.32 Å². The van der Waals surface area contributed by atoms with Gasteiger partial charge in [0.2, 0.25) is 5.78 Å². The fourth-order valence-electron chi connectivity index (χ4n) is 3.45. The van der Waals surface area contributed by atoms with E-state index >= 15 is 0 Å². The van der Waals surface area contributed by atoms with Crippen LogP contribution in [0.4, 0.5) is 10.1 Å². The number of fused-ring (bicyclic) bond motifs is 2. The molecule has 32 heavy (non-hydrogen) atoms. The van der Waals surface area contributed by atoms with Gasteiger partial charge in [-0.1, -0.05) is 24.3 Å². The van der Waals surface area contributed by atoms with Crippen LogP contribution in [0.1, 0.15) is 26.7 Å². The third-order valence-corrected chi connectivity index (χ3v) is 5.01. The summed E-state index contributed by atoms with van der Waals surface area (Å²) in [7, 11) is 0. The van der Waals surface area contributed by atoms with Gasteiger partial charge in [-0.05, 0) is 48.5 Å². The molecule has 0 unspecified atom stereocenters. The molecule has 3 aromatic carbocycles. The van der Waals surface area contributed by atoms with Crippen molar-refractivity contribution in [2.45, 2.75) is 0 Å². The molecule has 0 aliphatic heterocycles. The lowest BCUT2D eigenvalue weighted by Crippen LogP contribution is -2.16. The molecule has 2 aromatic heterocycles. The summed E-state index contributed by atoms with van der Waals surface area (Å²) in [6.45, 7) is 0. The Labute approximate surface area is 179 Å². The van der Waals surface area contributed by atoms with Crippen LogP contribution in [0, 0.1) is 5.82 Å². The molecule has 0 aliphatic carbocycles. The first-order valence-corrected chi connectivity index (χ1v) is 9.67. The van der Waals surface area contributed by atoms with Crippen LogP contribution < -0.4 is 10.7 Å². The molecule has 2 heterocycles. The molecular formula is C25H14FNO5. The Morgan fingerprint density at radius 1 is 0.781 bits per heavy atom. The maximum absolute atomic E-state index is 13.3. The van der Waals surface area contributed by atoms with Gasteiger partial charge in [-0.3, -0.25) is 14.4 Å². The van der Waals surface area contributed by atoms with E-state index in [-0.39, 0.29) is 33.8 Å². The van der Waals surface area contributed by atoms with Crippen molar-refractivity contribution in [2.24, 2.45) is 0 Å². The fourth-order valence-corrected chi connectivity index (χ4v) is 3.45. The van der Waals surface area contributed by atoms with Gasteiger partial charge in [0, 0.05) is 17.0 Å². The van der Waals surface area contributed by atoms with E-state index < -0.39 is 17.5 Å². The van der Waals surface area contributed by atoms with Gasteiger partial charge in [-0.15, -0.1) is 0 Å². The second kappa shape index (κ2) is 7.63. The first-order valence-electron chi connectivity index (χ1n) is 9.67. The molecule has 156 valence electrons. The second-order valence-electron chi connectivity index (χ2n) is 7.06. The van der Waals surface area contributed by atoms with E-state index in [0.717, 1.165) is 18.2 Å². The second-order valence-corrected chi connectivity index (χ2v) is 7.06. The van der Waals surface area contributed by atoms with Crippen LogP contribution in [-0.2, 0) is 0 Å². The highest BCUT2D eigenvalue weighted by atomic mass is 19.1. The number of para-hydroxylation sites is 2. The average Bonchev–Trinajstić information content (AvgIpc) is 3.17. The van der Waals surface area contributed by atoms with Crippen LogP contribution in [-0.4, -0.2) is 11.7 Å². The molecule has 0 fully saturated rings. The molecule has 5 rings (SSSR count). The maximum Gasteiger partial charge on any atom is 0.291 e. The summed E-state index contributed by atoms with van der Waals surface area (Å²) < 4.78 is 24.6. The van der Waals surface area contributed by atoms with Gasteiger partial charge >= 0.3 is 0 Å². The minimum absolute atomic E-state index is 0.116. The van der Waals surface area contributed by atoms with Gasteiger partial charge in [0.1, 0.15) is 17.0 Å². The topological polar surface area (TPSA) is 89.5 Å². The van der Waals surface area contributed by atoms with Crippen LogP contribution in [0.5, 0.6) is 0 Å². The van der Waals surface area contributed by atoms with Crippen molar-refractivity contribution in [1.82, 2.24) is 0 Å². The summed E-state index contributed by atoms with van der Waals surface area (Å²) in [5.41, 5.74) is 0.614. The zero-order chi connectivity index (χ0) is 22.2. The van der Waals surface area contributed by atoms with Gasteiger partial charge in [0.15, 0.2) is 16.9 Å². The van der Waals surface area contributed by atoms with E-state index in [9.17, 15) is 18.8 Å². The van der Waals surface area contributed by atoms with Crippen molar-refractivity contribution in [3.05, 3.63) is 112 Å². The van der Waals surface area contributed by atoms with Gasteiger partial charge in [0.05, 0.1) is 11.1 Å². The number of carbonyl (C=O) groups excluding carboxylic acids is 2. The van der Waals surface area contributed by atoms with Crippen LogP contribution in [0.25, 0.3) is 21.9 Å². The molecule has 1 amide bonds. The Morgan fingerprint density at radius 2 is 1.41 bits per heavy atom. The first-order chi connectivity index (χ1) is 15.5. The third kappa shape index (κ3) is 3.35. The Morgan fingerprint density at radius 3 is 2.12 bits per heavy atom. The fraction of sp³-hybridized carbons (Fsp3) is 0. The lowest BCUT2D eigenvalue weighted by Gasteiger charge is -2.06. The molecule has 0 bridgehead atoms. The third-order valence-electron chi connectivity index (χ3n) is 5.01. The van der Waals surface area contributed by atoms with E-state index in [0.29, 0.717) is 16.4 Å². The summed E-state index contributed by atoms with van der Waals surface area (Å²) >= 11 is 0. The number of nitrogens with one attached hydrogen (secondary N) is 1. The van der Waals surface area contributed by atoms with E-state index in [1.54, 1.807) is 48.5 Å². The number of amides is 1. The molecule has 6 nitrogen and oxygen atoms in total. The Hall–Kier alpha value is -4.52. The minimum atomic E-state index is -0.715. The van der Waals surface area contributed by atoms with E-state index in [1.807, 2.05) is 0 Å². The molecule has 0 spiro atoms. The monoisotopic (exact) mass is 427 g/mol. The Bertz CT molecular complexity index is 1560. The predicted octanol–water partition coefficient (Wildman–Crippen LogP) is 5.16. The zero-order valence-corrected chi connectivity index (χ0v) is 16.4. The highest BCUT2D eigenvalue weighted by Crippen LogP contribution is 2.33. The SMILES string of the molecule is O=C(Nc1c(C(=O)c2ccc(F)cc2)oc2ccccc12)c1cc(=O)c2ccccc2o1. The molecule has 1 N–H and O–H groups in total. The van der Waals surface area contributed by atoms with Crippen molar-refractivity contribution in [1.29, 1.82) is 0 Å². The number of ketones is 1. The number of benzene rings is 3. The predicted molar refractivity (Wildman–Crippen MR) is 116 cm³/mol. The van der Waals surface area contributed by atoms with Crippen molar-refractivity contribution in [3.63, 3.8) is 0 Å². The normalized spacial score (nSPS) is 11.0. The van der Waals surface area contributed by atoms with Crippen molar-refractivity contribution in [2.75, 3.05) is 5.32 Å². The van der Waals surface area contributed by atoms with Crippen molar-refractivity contribution in [3.8, 4) is 0 Å². The van der Waals surface area contributed by atoms with Gasteiger partial charge in [-0.2, -0.15) is 0 Å². The number of furan rings is 1. The number of hydrogen-bond acceptors (Lipinski definition) is 5. The number of anilines is 1. The quantitative estimate of drug-likeness (QED) is 0.400. The molecule has 7 heteroatoms. The van der Waals surface area contributed by atoms with Crippen LogP contribution in [0.2, 0.25) is 0 Å².